The number of hydrogen-bond donors (Lipinski definition) is 1. The molecule has 0 radical (unpaired) electrons. The van der Waals surface area contributed by atoms with E-state index in [0.717, 1.165) is 45.1 Å². The molecule has 0 unspecified atom stereocenters. The van der Waals surface area contributed by atoms with Crippen LogP contribution in [0.25, 0.3) is 27.6 Å². The number of aromatic nitrogens is 3. The molecule has 160 valence electrons. The van der Waals surface area contributed by atoms with E-state index in [4.69, 9.17) is 4.98 Å². The van der Waals surface area contributed by atoms with Gasteiger partial charge in [0.05, 0.1) is 5.69 Å². The van der Waals surface area contributed by atoms with Crippen LogP contribution in [-0.2, 0) is 0 Å². The Morgan fingerprint density at radius 2 is 1.84 bits per heavy atom. The van der Waals surface area contributed by atoms with Gasteiger partial charge < -0.3 is 9.88 Å². The fourth-order valence-electron chi connectivity index (χ4n) is 4.48. The molecule has 1 N–H and O–H groups in total. The summed E-state index contributed by atoms with van der Waals surface area (Å²) in [5.41, 5.74) is 5.45. The van der Waals surface area contributed by atoms with Crippen LogP contribution in [0.3, 0.4) is 0 Å². The zero-order valence-electron chi connectivity index (χ0n) is 18.1. The predicted molar refractivity (Wildman–Crippen MR) is 130 cm³/mol. The Bertz CT molecular complexity index is 1300. The molecule has 31 heavy (non-hydrogen) atoms. The molecule has 5 nitrogen and oxygen atoms in total. The van der Waals surface area contributed by atoms with Crippen molar-refractivity contribution in [3.8, 4) is 5.69 Å². The van der Waals surface area contributed by atoms with E-state index < -0.39 is 0 Å². The largest absolute Gasteiger partial charge is 0.349 e. The van der Waals surface area contributed by atoms with Crippen LogP contribution in [0.4, 0.5) is 0 Å². The molecule has 4 aromatic rings. The number of para-hydroxylation sites is 1. The number of H-pyrrole nitrogens is 1. The first kappa shape index (κ1) is 20.3. The molecule has 3 heterocycles. The molecule has 0 saturated carbocycles. The number of fused-ring (bicyclic) bond motifs is 3. The summed E-state index contributed by atoms with van der Waals surface area (Å²) in [6.07, 6.45) is 3.92. The van der Waals surface area contributed by atoms with E-state index in [1.807, 2.05) is 36.4 Å². The number of aryl methyl sites for hydroxylation is 1. The van der Waals surface area contributed by atoms with Crippen LogP contribution in [0, 0.1) is 13.8 Å². The Morgan fingerprint density at radius 3 is 2.68 bits per heavy atom. The number of hydrogen-bond acceptors (Lipinski definition) is 4. The molecule has 5 rings (SSSR count). The zero-order chi connectivity index (χ0) is 21.4. The van der Waals surface area contributed by atoms with Crippen molar-refractivity contribution in [2.45, 2.75) is 38.3 Å². The fraction of sp³-hybridized carbons (Fsp3) is 0.360. The van der Waals surface area contributed by atoms with Crippen LogP contribution in [0.1, 0.15) is 30.4 Å². The van der Waals surface area contributed by atoms with Gasteiger partial charge in [-0.15, -0.1) is 0 Å². The minimum absolute atomic E-state index is 0.0321. The third-order valence-electron chi connectivity index (χ3n) is 6.40. The molecule has 0 bridgehead atoms. The van der Waals surface area contributed by atoms with Crippen LogP contribution < -0.4 is 5.56 Å². The van der Waals surface area contributed by atoms with Crippen LogP contribution in [0.2, 0.25) is 0 Å². The predicted octanol–water partition coefficient (Wildman–Crippen LogP) is 5.06. The lowest BCUT2D eigenvalue weighted by atomic mass is 10.1. The maximum absolute atomic E-state index is 13.7. The van der Waals surface area contributed by atoms with Gasteiger partial charge >= 0.3 is 0 Å². The minimum Gasteiger partial charge on any atom is -0.349 e. The molecule has 1 aliphatic heterocycles. The molecule has 0 amide bonds. The second-order valence-electron chi connectivity index (χ2n) is 8.40. The van der Waals surface area contributed by atoms with Crippen molar-refractivity contribution >= 4 is 33.7 Å². The SMILES string of the molecule is Cc1cccc(-n2c(SCCN3CCCCC3)nc3c([nH]c4ccccc43)c2=O)c1C. The van der Waals surface area contributed by atoms with Gasteiger partial charge in [0.15, 0.2) is 5.16 Å². The standard InChI is InChI=1S/C25H28N4OS/c1-17-9-8-12-21(18(17)2)29-24(30)23-22(19-10-4-5-11-20(19)26-23)27-25(29)31-16-15-28-13-6-3-7-14-28/h4-5,8-12,26H,3,6-7,13-16H2,1-2H3. The Morgan fingerprint density at radius 1 is 1.03 bits per heavy atom. The van der Waals surface area contributed by atoms with Crippen LogP contribution >= 0.6 is 11.8 Å². The van der Waals surface area contributed by atoms with Gasteiger partial charge in [-0.2, -0.15) is 0 Å². The molecule has 1 fully saturated rings. The molecule has 2 aromatic carbocycles. The average molecular weight is 433 g/mol. The summed E-state index contributed by atoms with van der Waals surface area (Å²) in [5, 5.41) is 1.77. The smallest absolute Gasteiger partial charge is 0.283 e. The van der Waals surface area contributed by atoms with Crippen molar-refractivity contribution in [3.63, 3.8) is 0 Å². The van der Waals surface area contributed by atoms with E-state index in [1.54, 1.807) is 16.3 Å². The average Bonchev–Trinajstić information content (AvgIpc) is 3.16. The molecule has 0 spiro atoms. The van der Waals surface area contributed by atoms with Gasteiger partial charge in [0, 0.05) is 23.2 Å². The van der Waals surface area contributed by atoms with Gasteiger partial charge in [-0.1, -0.05) is 48.5 Å². The Balaban J connectivity index is 1.62. The Kier molecular flexibility index (Phi) is 5.59. The number of nitrogens with zero attached hydrogens (tertiary/aromatic N) is 3. The number of likely N-dealkylation sites (tertiary alicyclic amines) is 1. The highest BCUT2D eigenvalue weighted by Crippen LogP contribution is 2.28. The maximum atomic E-state index is 13.7. The van der Waals surface area contributed by atoms with Crippen molar-refractivity contribution in [3.05, 3.63) is 63.9 Å². The van der Waals surface area contributed by atoms with Gasteiger partial charge in [0.1, 0.15) is 11.0 Å². The van der Waals surface area contributed by atoms with Gasteiger partial charge in [-0.05, 0) is 63.0 Å². The molecule has 1 aliphatic rings. The fourth-order valence-corrected chi connectivity index (χ4v) is 5.48. The lowest BCUT2D eigenvalue weighted by molar-refractivity contribution is 0.242. The maximum Gasteiger partial charge on any atom is 0.283 e. The van der Waals surface area contributed by atoms with Gasteiger partial charge in [-0.3, -0.25) is 9.36 Å². The van der Waals surface area contributed by atoms with E-state index in [0.29, 0.717) is 5.52 Å². The highest BCUT2D eigenvalue weighted by molar-refractivity contribution is 7.99. The van der Waals surface area contributed by atoms with Gasteiger partial charge in [0.2, 0.25) is 0 Å². The van der Waals surface area contributed by atoms with Gasteiger partial charge in [0.25, 0.3) is 5.56 Å². The molecular formula is C25H28N4OS. The van der Waals surface area contributed by atoms with E-state index in [1.165, 1.54) is 37.9 Å². The number of rotatable bonds is 5. The van der Waals surface area contributed by atoms with Crippen molar-refractivity contribution in [2.75, 3.05) is 25.4 Å². The molecule has 0 atom stereocenters. The number of piperidine rings is 1. The first-order valence-electron chi connectivity index (χ1n) is 11.1. The lowest BCUT2D eigenvalue weighted by Gasteiger charge is -2.26. The first-order valence-corrected chi connectivity index (χ1v) is 12.1. The van der Waals surface area contributed by atoms with Crippen LogP contribution in [-0.4, -0.2) is 44.8 Å². The minimum atomic E-state index is -0.0321. The summed E-state index contributed by atoms with van der Waals surface area (Å²) >= 11 is 1.69. The quantitative estimate of drug-likeness (QED) is 0.354. The summed E-state index contributed by atoms with van der Waals surface area (Å²) < 4.78 is 1.81. The third-order valence-corrected chi connectivity index (χ3v) is 7.32. The summed E-state index contributed by atoms with van der Waals surface area (Å²) in [5.74, 6) is 0.922. The van der Waals surface area contributed by atoms with Crippen LogP contribution in [0.15, 0.2) is 52.4 Å². The summed E-state index contributed by atoms with van der Waals surface area (Å²) in [7, 11) is 0. The molecular weight excluding hydrogens is 404 g/mol. The highest BCUT2D eigenvalue weighted by atomic mass is 32.2. The second-order valence-corrected chi connectivity index (χ2v) is 9.46. The van der Waals surface area contributed by atoms with E-state index in [-0.39, 0.29) is 5.56 Å². The van der Waals surface area contributed by atoms with E-state index in [2.05, 4.69) is 29.8 Å². The van der Waals surface area contributed by atoms with Crippen molar-refractivity contribution < 1.29 is 0 Å². The normalized spacial score (nSPS) is 15.2. The monoisotopic (exact) mass is 432 g/mol. The zero-order valence-corrected chi connectivity index (χ0v) is 19.0. The first-order chi connectivity index (χ1) is 15.1. The van der Waals surface area contributed by atoms with Crippen molar-refractivity contribution in [2.24, 2.45) is 0 Å². The lowest BCUT2D eigenvalue weighted by Crippen LogP contribution is -2.31. The number of benzene rings is 2. The summed E-state index contributed by atoms with van der Waals surface area (Å²) in [6.45, 7) is 7.55. The molecule has 1 saturated heterocycles. The molecule has 0 aliphatic carbocycles. The van der Waals surface area contributed by atoms with E-state index >= 15 is 0 Å². The second kappa shape index (κ2) is 8.52. The topological polar surface area (TPSA) is 53.9 Å². The Hall–Kier alpha value is -2.57. The Labute approximate surface area is 186 Å². The summed E-state index contributed by atoms with van der Waals surface area (Å²) in [4.78, 5) is 24.6. The van der Waals surface area contributed by atoms with E-state index in [9.17, 15) is 4.79 Å². The van der Waals surface area contributed by atoms with Crippen molar-refractivity contribution in [1.82, 2.24) is 19.4 Å². The van der Waals surface area contributed by atoms with Crippen LogP contribution in [0.5, 0.6) is 0 Å². The molecule has 6 heteroatoms. The van der Waals surface area contributed by atoms with Gasteiger partial charge in [-0.25, -0.2) is 4.98 Å². The molecule has 2 aromatic heterocycles. The summed E-state index contributed by atoms with van der Waals surface area (Å²) in [6, 6.07) is 14.1. The number of thioether (sulfide) groups is 1. The van der Waals surface area contributed by atoms with Crippen molar-refractivity contribution in [1.29, 1.82) is 0 Å². The third kappa shape index (κ3) is 3.79. The highest BCUT2D eigenvalue weighted by Gasteiger charge is 2.19. The number of aromatic amines is 1. The number of nitrogens with one attached hydrogen (secondary N) is 1.